The molecule has 1 fully saturated rings. The van der Waals surface area contributed by atoms with Gasteiger partial charge in [0.05, 0.1) is 12.7 Å². The lowest BCUT2D eigenvalue weighted by atomic mass is 10.3. The molecule has 1 unspecified atom stereocenters. The molecule has 1 atom stereocenters. The summed E-state index contributed by atoms with van der Waals surface area (Å²) in [5, 5.41) is 4.18. The van der Waals surface area contributed by atoms with Gasteiger partial charge in [-0.05, 0) is 6.07 Å². The highest BCUT2D eigenvalue weighted by Crippen LogP contribution is 2.21. The molecular weight excluding hydrogens is 334 g/mol. The molecule has 0 spiro atoms. The number of nitrogens with zero attached hydrogens (tertiary/aromatic N) is 7. The Bertz CT molecular complexity index is 940. The van der Waals surface area contributed by atoms with Gasteiger partial charge in [-0.15, -0.1) is 0 Å². The highest BCUT2D eigenvalue weighted by molar-refractivity contribution is 5.99. The lowest BCUT2D eigenvalue weighted by molar-refractivity contribution is 0.0773. The Balaban J connectivity index is 1.45. The van der Waals surface area contributed by atoms with Gasteiger partial charge in [0.1, 0.15) is 23.8 Å². The van der Waals surface area contributed by atoms with E-state index in [2.05, 4.69) is 20.1 Å². The molecule has 0 aliphatic carbocycles. The molecule has 0 saturated carbocycles. The molecule has 26 heavy (non-hydrogen) atoms. The summed E-state index contributed by atoms with van der Waals surface area (Å²) in [5.74, 6) is 1.21. The Morgan fingerprint density at radius 2 is 2.19 bits per heavy atom. The second-order valence-electron chi connectivity index (χ2n) is 6.33. The third-order valence-corrected chi connectivity index (χ3v) is 4.32. The number of anilines is 1. The monoisotopic (exact) mass is 353 g/mol. The molecule has 1 saturated heterocycles. The van der Waals surface area contributed by atoms with Gasteiger partial charge in [-0.25, -0.2) is 19.5 Å². The van der Waals surface area contributed by atoms with Gasteiger partial charge < -0.3 is 14.5 Å². The Morgan fingerprint density at radius 3 is 3.04 bits per heavy atom. The number of carbonyl (C=O) groups is 1. The molecule has 1 aliphatic heterocycles. The lowest BCUT2D eigenvalue weighted by Gasteiger charge is -2.17. The zero-order valence-corrected chi connectivity index (χ0v) is 14.6. The number of carbonyl (C=O) groups excluding carboxylic acids is 1. The molecule has 3 aromatic heterocycles. The van der Waals surface area contributed by atoms with Crippen LogP contribution in [0.3, 0.4) is 0 Å². The molecule has 1 aliphatic rings. The van der Waals surface area contributed by atoms with Gasteiger partial charge in [-0.2, -0.15) is 5.10 Å². The van der Waals surface area contributed by atoms with Crippen molar-refractivity contribution in [2.45, 2.75) is 12.5 Å². The van der Waals surface area contributed by atoms with Crippen molar-refractivity contribution in [2.75, 3.05) is 32.1 Å². The van der Waals surface area contributed by atoms with Crippen LogP contribution >= 0.6 is 0 Å². The molecule has 4 heterocycles. The molecule has 4 rings (SSSR count). The maximum absolute atomic E-state index is 12.8. The number of hydrogen-bond acceptors (Lipinski definition) is 7. The van der Waals surface area contributed by atoms with E-state index in [1.807, 2.05) is 19.0 Å². The highest BCUT2D eigenvalue weighted by Gasteiger charge is 2.30. The maximum Gasteiger partial charge on any atom is 0.259 e. The fourth-order valence-corrected chi connectivity index (χ4v) is 2.97. The van der Waals surface area contributed by atoms with E-state index < -0.39 is 0 Å². The van der Waals surface area contributed by atoms with E-state index in [0.29, 0.717) is 30.2 Å². The number of rotatable bonds is 4. The van der Waals surface area contributed by atoms with E-state index >= 15 is 0 Å². The van der Waals surface area contributed by atoms with Crippen LogP contribution in [-0.2, 0) is 0 Å². The summed E-state index contributed by atoms with van der Waals surface area (Å²) in [6.45, 7) is 1.13. The second-order valence-corrected chi connectivity index (χ2v) is 6.33. The standard InChI is InChI=1S/C17H19N7O2/c1-22(2)14-8-15(20-11-19-14)26-12-4-7-23(10-12)17(25)13-9-21-24-6-3-5-18-16(13)24/h3,5-6,8-9,11-12H,4,7,10H2,1-2H3. The minimum atomic E-state index is -0.0985. The van der Waals surface area contributed by atoms with Crippen molar-refractivity contribution in [1.82, 2.24) is 29.5 Å². The minimum absolute atomic E-state index is 0.0820. The first-order valence-electron chi connectivity index (χ1n) is 8.35. The summed E-state index contributed by atoms with van der Waals surface area (Å²) in [7, 11) is 3.82. The van der Waals surface area contributed by atoms with Crippen LogP contribution in [0.15, 0.2) is 37.1 Å². The SMILES string of the molecule is CN(C)c1cc(OC2CCN(C(=O)c3cnn4cccnc34)C2)ncn1. The summed E-state index contributed by atoms with van der Waals surface area (Å²) in [6, 6.07) is 3.57. The van der Waals surface area contributed by atoms with Crippen LogP contribution in [0.25, 0.3) is 5.65 Å². The molecule has 0 N–H and O–H groups in total. The fourth-order valence-electron chi connectivity index (χ4n) is 2.97. The molecule has 0 aromatic carbocycles. The molecule has 0 bridgehead atoms. The zero-order chi connectivity index (χ0) is 18.1. The van der Waals surface area contributed by atoms with E-state index in [1.54, 1.807) is 40.1 Å². The van der Waals surface area contributed by atoms with Crippen molar-refractivity contribution >= 4 is 17.4 Å². The van der Waals surface area contributed by atoms with E-state index in [9.17, 15) is 4.79 Å². The summed E-state index contributed by atoms with van der Waals surface area (Å²) >= 11 is 0. The Hall–Kier alpha value is -3.23. The van der Waals surface area contributed by atoms with Crippen LogP contribution in [0.5, 0.6) is 5.88 Å². The lowest BCUT2D eigenvalue weighted by Crippen LogP contribution is -2.31. The average molecular weight is 353 g/mol. The number of aromatic nitrogens is 5. The molecule has 1 amide bonds. The molecule has 9 heteroatoms. The first-order valence-corrected chi connectivity index (χ1v) is 8.35. The van der Waals surface area contributed by atoms with E-state index in [4.69, 9.17) is 4.74 Å². The van der Waals surface area contributed by atoms with Crippen LogP contribution in [0.2, 0.25) is 0 Å². The van der Waals surface area contributed by atoms with Crippen LogP contribution in [-0.4, -0.2) is 68.7 Å². The van der Waals surface area contributed by atoms with Gasteiger partial charge in [-0.1, -0.05) is 0 Å². The smallest absolute Gasteiger partial charge is 0.259 e. The highest BCUT2D eigenvalue weighted by atomic mass is 16.5. The third-order valence-electron chi connectivity index (χ3n) is 4.32. The summed E-state index contributed by atoms with van der Waals surface area (Å²) < 4.78 is 7.54. The topological polar surface area (TPSA) is 88.8 Å². The van der Waals surface area contributed by atoms with Gasteiger partial charge in [0.2, 0.25) is 5.88 Å². The fraction of sp³-hybridized carbons (Fsp3) is 0.353. The number of hydrogen-bond donors (Lipinski definition) is 0. The number of amides is 1. The van der Waals surface area contributed by atoms with Crippen molar-refractivity contribution in [3.8, 4) is 5.88 Å². The predicted octanol–water partition coefficient (Wildman–Crippen LogP) is 0.879. The summed E-state index contributed by atoms with van der Waals surface area (Å²) in [6.07, 6.45) is 7.12. The van der Waals surface area contributed by atoms with Gasteiger partial charge in [0, 0.05) is 45.5 Å². The molecule has 0 radical (unpaired) electrons. The Kier molecular flexibility index (Phi) is 4.11. The van der Waals surface area contributed by atoms with Crippen molar-refractivity contribution < 1.29 is 9.53 Å². The van der Waals surface area contributed by atoms with Crippen LogP contribution in [0.4, 0.5) is 5.82 Å². The van der Waals surface area contributed by atoms with Crippen LogP contribution in [0, 0.1) is 0 Å². The van der Waals surface area contributed by atoms with Crippen LogP contribution < -0.4 is 9.64 Å². The predicted molar refractivity (Wildman–Crippen MR) is 94.3 cm³/mol. The second kappa shape index (κ2) is 6.58. The number of ether oxygens (including phenoxy) is 1. The van der Waals surface area contributed by atoms with E-state index in [0.717, 1.165) is 12.2 Å². The van der Waals surface area contributed by atoms with Gasteiger partial charge in [0.25, 0.3) is 5.91 Å². The molecule has 3 aromatic rings. The van der Waals surface area contributed by atoms with Gasteiger partial charge in [0.15, 0.2) is 5.65 Å². The van der Waals surface area contributed by atoms with E-state index in [-0.39, 0.29) is 12.0 Å². The Labute approximate surface area is 150 Å². The van der Waals surface area contributed by atoms with Crippen LogP contribution in [0.1, 0.15) is 16.8 Å². The molecular formula is C17H19N7O2. The summed E-state index contributed by atoms with van der Waals surface area (Å²) in [5.41, 5.74) is 1.07. The quantitative estimate of drug-likeness (QED) is 0.688. The molecule has 9 nitrogen and oxygen atoms in total. The number of fused-ring (bicyclic) bond motifs is 1. The van der Waals surface area contributed by atoms with Crippen molar-refractivity contribution in [1.29, 1.82) is 0 Å². The van der Waals surface area contributed by atoms with Crippen molar-refractivity contribution in [3.63, 3.8) is 0 Å². The Morgan fingerprint density at radius 1 is 1.31 bits per heavy atom. The third kappa shape index (κ3) is 3.03. The minimum Gasteiger partial charge on any atom is -0.472 e. The average Bonchev–Trinajstić information content (AvgIpc) is 3.28. The first kappa shape index (κ1) is 16.2. The number of likely N-dealkylation sites (tertiary alicyclic amines) is 1. The maximum atomic E-state index is 12.8. The summed E-state index contributed by atoms with van der Waals surface area (Å²) in [4.78, 5) is 29.0. The van der Waals surface area contributed by atoms with Gasteiger partial charge >= 0.3 is 0 Å². The largest absolute Gasteiger partial charge is 0.472 e. The molecule has 134 valence electrons. The zero-order valence-electron chi connectivity index (χ0n) is 14.6. The van der Waals surface area contributed by atoms with Crippen molar-refractivity contribution in [3.05, 3.63) is 42.6 Å². The van der Waals surface area contributed by atoms with E-state index in [1.165, 1.54) is 6.33 Å². The normalized spacial score (nSPS) is 16.8. The van der Waals surface area contributed by atoms with Crippen molar-refractivity contribution in [2.24, 2.45) is 0 Å². The first-order chi connectivity index (χ1) is 12.6. The van der Waals surface area contributed by atoms with Gasteiger partial charge in [-0.3, -0.25) is 4.79 Å².